The fourth-order valence-corrected chi connectivity index (χ4v) is 3.19. The van der Waals surface area contributed by atoms with Gasteiger partial charge in [0.2, 0.25) is 11.8 Å². The number of imidazole rings is 1. The van der Waals surface area contributed by atoms with E-state index in [-0.39, 0.29) is 24.8 Å². The SMILES string of the molecule is COCc1cnc2n1CCN(C(=O)C1CC(F)(F)C1)C2C. The Balaban J connectivity index is 1.74. The molecule has 5 nitrogen and oxygen atoms in total. The number of alkyl halides is 2. The smallest absolute Gasteiger partial charge is 0.249 e. The molecule has 1 unspecified atom stereocenters. The number of amides is 1. The minimum atomic E-state index is -2.66. The lowest BCUT2D eigenvalue weighted by molar-refractivity contribution is -0.162. The van der Waals surface area contributed by atoms with E-state index in [1.165, 1.54) is 0 Å². The second-order valence-electron chi connectivity index (χ2n) is 5.86. The van der Waals surface area contributed by atoms with Gasteiger partial charge in [0.25, 0.3) is 0 Å². The van der Waals surface area contributed by atoms with Crippen molar-refractivity contribution in [3.63, 3.8) is 0 Å². The summed E-state index contributed by atoms with van der Waals surface area (Å²) < 4.78 is 33.1. The number of carbonyl (C=O) groups excluding carboxylic acids is 1. The van der Waals surface area contributed by atoms with Crippen molar-refractivity contribution in [1.82, 2.24) is 14.5 Å². The van der Waals surface area contributed by atoms with Crippen molar-refractivity contribution in [2.24, 2.45) is 5.92 Å². The molecule has 0 N–H and O–H groups in total. The first-order valence-electron chi connectivity index (χ1n) is 7.14. The van der Waals surface area contributed by atoms with Gasteiger partial charge >= 0.3 is 0 Å². The summed E-state index contributed by atoms with van der Waals surface area (Å²) in [7, 11) is 1.62. The number of hydrogen-bond donors (Lipinski definition) is 0. The Labute approximate surface area is 121 Å². The zero-order valence-corrected chi connectivity index (χ0v) is 12.2. The van der Waals surface area contributed by atoms with Crippen molar-refractivity contribution in [3.8, 4) is 0 Å². The summed E-state index contributed by atoms with van der Waals surface area (Å²) in [6, 6.07) is -0.189. The van der Waals surface area contributed by atoms with Gasteiger partial charge in [0, 0.05) is 39.0 Å². The van der Waals surface area contributed by atoms with Crippen molar-refractivity contribution >= 4 is 5.91 Å². The van der Waals surface area contributed by atoms with Crippen LogP contribution in [-0.4, -0.2) is 39.9 Å². The Morgan fingerprint density at radius 1 is 1.48 bits per heavy atom. The molecule has 7 heteroatoms. The molecule has 1 aliphatic heterocycles. The Bertz CT molecular complexity index is 550. The summed E-state index contributed by atoms with van der Waals surface area (Å²) in [5, 5.41) is 0. The number of methoxy groups -OCH3 is 1. The van der Waals surface area contributed by atoms with Gasteiger partial charge in [-0.15, -0.1) is 0 Å². The van der Waals surface area contributed by atoms with Crippen LogP contribution < -0.4 is 0 Å². The molecule has 3 rings (SSSR count). The van der Waals surface area contributed by atoms with Crippen LogP contribution in [0.5, 0.6) is 0 Å². The number of aromatic nitrogens is 2. The lowest BCUT2D eigenvalue weighted by Crippen LogP contribution is -2.50. The Morgan fingerprint density at radius 2 is 2.19 bits per heavy atom. The Kier molecular flexibility index (Phi) is 3.47. The van der Waals surface area contributed by atoms with Crippen LogP contribution in [0.1, 0.15) is 37.3 Å². The first-order valence-corrected chi connectivity index (χ1v) is 7.14. The second-order valence-corrected chi connectivity index (χ2v) is 5.86. The lowest BCUT2D eigenvalue weighted by Gasteiger charge is -2.41. The molecule has 0 saturated heterocycles. The van der Waals surface area contributed by atoms with E-state index in [2.05, 4.69) is 4.98 Å². The molecule has 1 fully saturated rings. The van der Waals surface area contributed by atoms with E-state index in [9.17, 15) is 13.6 Å². The van der Waals surface area contributed by atoms with Crippen LogP contribution in [0.2, 0.25) is 0 Å². The number of hydrogen-bond acceptors (Lipinski definition) is 3. The van der Waals surface area contributed by atoms with Gasteiger partial charge in [-0.3, -0.25) is 4.79 Å². The highest BCUT2D eigenvalue weighted by Crippen LogP contribution is 2.44. The van der Waals surface area contributed by atoms with E-state index >= 15 is 0 Å². The molecule has 0 bridgehead atoms. The van der Waals surface area contributed by atoms with Crippen molar-refractivity contribution < 1.29 is 18.3 Å². The Morgan fingerprint density at radius 3 is 2.81 bits per heavy atom. The van der Waals surface area contributed by atoms with Crippen LogP contribution in [0.15, 0.2) is 6.20 Å². The van der Waals surface area contributed by atoms with E-state index < -0.39 is 11.8 Å². The van der Waals surface area contributed by atoms with Crippen LogP contribution in [0.4, 0.5) is 8.78 Å². The lowest BCUT2D eigenvalue weighted by atomic mass is 9.80. The van der Waals surface area contributed by atoms with Crippen molar-refractivity contribution in [2.75, 3.05) is 13.7 Å². The van der Waals surface area contributed by atoms with E-state index in [0.29, 0.717) is 19.7 Å². The average Bonchev–Trinajstić information content (AvgIpc) is 2.80. The van der Waals surface area contributed by atoms with Gasteiger partial charge in [-0.05, 0) is 6.92 Å². The third-order valence-electron chi connectivity index (χ3n) is 4.39. The molecule has 116 valence electrons. The highest BCUT2D eigenvalue weighted by molar-refractivity contribution is 5.80. The largest absolute Gasteiger partial charge is 0.378 e. The van der Waals surface area contributed by atoms with Gasteiger partial charge in [-0.1, -0.05) is 0 Å². The van der Waals surface area contributed by atoms with Crippen LogP contribution >= 0.6 is 0 Å². The molecule has 2 heterocycles. The quantitative estimate of drug-likeness (QED) is 0.857. The number of rotatable bonds is 3. The van der Waals surface area contributed by atoms with Gasteiger partial charge in [-0.25, -0.2) is 13.8 Å². The summed E-state index contributed by atoms with van der Waals surface area (Å²) in [6.45, 7) is 3.53. The van der Waals surface area contributed by atoms with E-state index in [4.69, 9.17) is 4.74 Å². The van der Waals surface area contributed by atoms with Crippen LogP contribution in [-0.2, 0) is 22.7 Å². The Hall–Kier alpha value is -1.50. The molecule has 2 aliphatic rings. The second kappa shape index (κ2) is 5.05. The summed E-state index contributed by atoms with van der Waals surface area (Å²) in [5.41, 5.74) is 0.974. The number of ether oxygens (including phenoxy) is 1. The van der Waals surface area contributed by atoms with Gasteiger partial charge in [0.1, 0.15) is 5.82 Å². The first-order chi connectivity index (χ1) is 9.93. The zero-order chi connectivity index (χ0) is 15.2. The number of carbonyl (C=O) groups is 1. The molecule has 1 aliphatic carbocycles. The van der Waals surface area contributed by atoms with Gasteiger partial charge in [0.15, 0.2) is 0 Å². The maximum atomic E-state index is 12.9. The van der Waals surface area contributed by atoms with E-state index in [1.54, 1.807) is 18.2 Å². The fourth-order valence-electron chi connectivity index (χ4n) is 3.19. The molecule has 1 amide bonds. The minimum absolute atomic E-state index is 0.170. The summed E-state index contributed by atoms with van der Waals surface area (Å²) in [5.74, 6) is -2.57. The highest BCUT2D eigenvalue weighted by Gasteiger charge is 2.50. The third-order valence-corrected chi connectivity index (χ3v) is 4.39. The first kappa shape index (κ1) is 14.4. The average molecular weight is 299 g/mol. The predicted octanol–water partition coefficient (Wildman–Crippen LogP) is 1.98. The number of halogens is 2. The fraction of sp³-hybridized carbons (Fsp3) is 0.714. The van der Waals surface area contributed by atoms with E-state index in [1.807, 2.05) is 11.5 Å². The minimum Gasteiger partial charge on any atom is -0.378 e. The molecule has 21 heavy (non-hydrogen) atoms. The van der Waals surface area contributed by atoms with Crippen LogP contribution in [0.25, 0.3) is 0 Å². The summed E-state index contributed by atoms with van der Waals surface area (Å²) in [4.78, 5) is 18.4. The van der Waals surface area contributed by atoms with Gasteiger partial charge < -0.3 is 14.2 Å². The molecule has 1 atom stereocenters. The molecule has 0 aromatic carbocycles. The molecule has 0 spiro atoms. The topological polar surface area (TPSA) is 47.4 Å². The summed E-state index contributed by atoms with van der Waals surface area (Å²) >= 11 is 0. The van der Waals surface area contributed by atoms with Gasteiger partial charge in [-0.2, -0.15) is 0 Å². The van der Waals surface area contributed by atoms with E-state index in [0.717, 1.165) is 11.5 Å². The van der Waals surface area contributed by atoms with Crippen LogP contribution in [0.3, 0.4) is 0 Å². The van der Waals surface area contributed by atoms with Crippen molar-refractivity contribution in [1.29, 1.82) is 0 Å². The summed E-state index contributed by atoms with van der Waals surface area (Å²) in [6.07, 6.45) is 1.11. The monoisotopic (exact) mass is 299 g/mol. The normalized spacial score (nSPS) is 24.6. The maximum Gasteiger partial charge on any atom is 0.249 e. The third kappa shape index (κ3) is 2.43. The molecule has 0 radical (unpaired) electrons. The van der Waals surface area contributed by atoms with Crippen molar-refractivity contribution in [2.45, 2.75) is 44.9 Å². The number of nitrogens with zero attached hydrogens (tertiary/aromatic N) is 3. The molecule has 1 aromatic heterocycles. The molecular formula is C14H19F2N3O2. The highest BCUT2D eigenvalue weighted by atomic mass is 19.3. The van der Waals surface area contributed by atoms with Crippen molar-refractivity contribution in [3.05, 3.63) is 17.7 Å². The molecule has 1 saturated carbocycles. The van der Waals surface area contributed by atoms with Gasteiger partial charge in [0.05, 0.1) is 24.5 Å². The predicted molar refractivity (Wildman–Crippen MR) is 70.7 cm³/mol. The molecule has 1 aromatic rings. The number of fused-ring (bicyclic) bond motifs is 1. The molecular weight excluding hydrogens is 280 g/mol. The zero-order valence-electron chi connectivity index (χ0n) is 12.2. The standard InChI is InChI=1S/C14H19F2N3O2/c1-9-12-17-7-11(8-21-2)19(12)4-3-18(9)13(20)10-5-14(15,16)6-10/h7,9-10H,3-6,8H2,1-2H3. The van der Waals surface area contributed by atoms with Crippen LogP contribution in [0, 0.1) is 5.92 Å². The maximum absolute atomic E-state index is 12.9.